The highest BCUT2D eigenvalue weighted by atomic mass is 35.5. The third kappa shape index (κ3) is 3.99. The standard InChI is InChI=1S/C20H21ClN2O3/c1-13-12-15(21)9-10-18(13)26-14(2)20(25)22-16-6-3-4-7-17(16)23-11-5-8-19(23)24/h3-4,6-7,9-10,12,14H,5,8,11H2,1-2H3,(H,22,25)/t14-/m0/s1. The number of ether oxygens (including phenoxy) is 1. The molecule has 0 bridgehead atoms. The molecule has 26 heavy (non-hydrogen) atoms. The van der Waals surface area contributed by atoms with Gasteiger partial charge in [0.05, 0.1) is 11.4 Å². The molecule has 0 aliphatic carbocycles. The fourth-order valence-corrected chi connectivity index (χ4v) is 3.17. The van der Waals surface area contributed by atoms with Crippen LogP contribution in [0.25, 0.3) is 0 Å². The summed E-state index contributed by atoms with van der Waals surface area (Å²) in [5.41, 5.74) is 2.19. The van der Waals surface area contributed by atoms with Gasteiger partial charge in [-0.1, -0.05) is 23.7 Å². The molecule has 1 atom stereocenters. The lowest BCUT2D eigenvalue weighted by Gasteiger charge is -2.21. The molecule has 0 aromatic heterocycles. The van der Waals surface area contributed by atoms with Crippen LogP contribution in [-0.2, 0) is 9.59 Å². The second-order valence-corrected chi connectivity index (χ2v) is 6.76. The Bertz CT molecular complexity index is 838. The second-order valence-electron chi connectivity index (χ2n) is 6.33. The predicted molar refractivity (Wildman–Crippen MR) is 103 cm³/mol. The SMILES string of the molecule is Cc1cc(Cl)ccc1O[C@@H](C)C(=O)Nc1ccccc1N1CCCC1=O. The van der Waals surface area contributed by atoms with Crippen molar-refractivity contribution < 1.29 is 14.3 Å². The van der Waals surface area contributed by atoms with E-state index in [9.17, 15) is 9.59 Å². The maximum absolute atomic E-state index is 12.6. The molecule has 2 aromatic carbocycles. The molecule has 5 nitrogen and oxygen atoms in total. The van der Waals surface area contributed by atoms with Gasteiger partial charge in [0, 0.05) is 18.0 Å². The first-order valence-corrected chi connectivity index (χ1v) is 8.96. The molecule has 1 saturated heterocycles. The molecule has 0 spiro atoms. The van der Waals surface area contributed by atoms with Gasteiger partial charge < -0.3 is 15.0 Å². The Kier molecular flexibility index (Phi) is 5.47. The van der Waals surface area contributed by atoms with Crippen molar-refractivity contribution in [2.24, 2.45) is 0 Å². The van der Waals surface area contributed by atoms with Gasteiger partial charge in [-0.25, -0.2) is 0 Å². The number of aryl methyl sites for hydroxylation is 1. The van der Waals surface area contributed by atoms with E-state index in [1.54, 1.807) is 36.1 Å². The van der Waals surface area contributed by atoms with Crippen molar-refractivity contribution in [1.82, 2.24) is 0 Å². The van der Waals surface area contributed by atoms with Crippen molar-refractivity contribution in [3.05, 3.63) is 53.1 Å². The van der Waals surface area contributed by atoms with Crippen LogP contribution in [0.3, 0.4) is 0 Å². The number of carbonyl (C=O) groups excluding carboxylic acids is 2. The highest BCUT2D eigenvalue weighted by molar-refractivity contribution is 6.30. The summed E-state index contributed by atoms with van der Waals surface area (Å²) in [6.07, 6.45) is 0.672. The summed E-state index contributed by atoms with van der Waals surface area (Å²) < 4.78 is 5.77. The highest BCUT2D eigenvalue weighted by Crippen LogP contribution is 2.30. The van der Waals surface area contributed by atoms with E-state index in [1.807, 2.05) is 25.1 Å². The first kappa shape index (κ1) is 18.3. The fourth-order valence-electron chi connectivity index (χ4n) is 2.94. The lowest BCUT2D eigenvalue weighted by Crippen LogP contribution is -2.32. The van der Waals surface area contributed by atoms with Gasteiger partial charge in [0.15, 0.2) is 6.10 Å². The number of para-hydroxylation sites is 2. The maximum atomic E-state index is 12.6. The van der Waals surface area contributed by atoms with E-state index in [2.05, 4.69) is 5.32 Å². The summed E-state index contributed by atoms with van der Waals surface area (Å²) >= 11 is 5.95. The van der Waals surface area contributed by atoms with Gasteiger partial charge in [-0.2, -0.15) is 0 Å². The Labute approximate surface area is 157 Å². The van der Waals surface area contributed by atoms with Crippen molar-refractivity contribution in [1.29, 1.82) is 0 Å². The summed E-state index contributed by atoms with van der Waals surface area (Å²) in [4.78, 5) is 26.3. The Balaban J connectivity index is 1.72. The molecule has 0 saturated carbocycles. The number of rotatable bonds is 5. The molecule has 6 heteroatoms. The zero-order valence-corrected chi connectivity index (χ0v) is 15.5. The van der Waals surface area contributed by atoms with Gasteiger partial charge in [-0.15, -0.1) is 0 Å². The molecule has 1 heterocycles. The van der Waals surface area contributed by atoms with Crippen molar-refractivity contribution in [3.8, 4) is 5.75 Å². The van der Waals surface area contributed by atoms with Gasteiger partial charge in [0.2, 0.25) is 5.91 Å². The van der Waals surface area contributed by atoms with Gasteiger partial charge in [-0.05, 0) is 56.2 Å². The number of amides is 2. The topological polar surface area (TPSA) is 58.6 Å². The van der Waals surface area contributed by atoms with Gasteiger partial charge in [-0.3, -0.25) is 9.59 Å². The molecule has 2 aromatic rings. The van der Waals surface area contributed by atoms with E-state index >= 15 is 0 Å². The van der Waals surface area contributed by atoms with E-state index in [-0.39, 0.29) is 11.8 Å². The van der Waals surface area contributed by atoms with Crippen LogP contribution in [0.5, 0.6) is 5.75 Å². The molecule has 1 aliphatic heterocycles. The number of nitrogens with one attached hydrogen (secondary N) is 1. The number of anilines is 2. The third-order valence-electron chi connectivity index (χ3n) is 4.34. The van der Waals surface area contributed by atoms with Crippen molar-refractivity contribution in [3.63, 3.8) is 0 Å². The molecule has 1 aliphatic rings. The first-order valence-electron chi connectivity index (χ1n) is 8.59. The number of benzene rings is 2. The summed E-state index contributed by atoms with van der Waals surface area (Å²) in [5, 5.41) is 3.50. The van der Waals surface area contributed by atoms with Crippen LogP contribution in [0, 0.1) is 6.92 Å². The molecule has 0 unspecified atom stereocenters. The summed E-state index contributed by atoms with van der Waals surface area (Å²) in [5.74, 6) is 0.409. The quantitative estimate of drug-likeness (QED) is 0.856. The van der Waals surface area contributed by atoms with Crippen LogP contribution < -0.4 is 15.0 Å². The average Bonchev–Trinajstić information content (AvgIpc) is 3.03. The Morgan fingerprint density at radius 2 is 2.04 bits per heavy atom. The molecule has 0 radical (unpaired) electrons. The van der Waals surface area contributed by atoms with Crippen molar-refractivity contribution in [2.75, 3.05) is 16.8 Å². The number of carbonyl (C=O) groups is 2. The average molecular weight is 373 g/mol. The minimum Gasteiger partial charge on any atom is -0.481 e. The van der Waals surface area contributed by atoms with Crippen LogP contribution in [0.15, 0.2) is 42.5 Å². The minimum absolute atomic E-state index is 0.0767. The number of hydrogen-bond donors (Lipinski definition) is 1. The first-order chi connectivity index (χ1) is 12.5. The minimum atomic E-state index is -0.697. The van der Waals surface area contributed by atoms with Gasteiger partial charge in [0.25, 0.3) is 5.91 Å². The Morgan fingerprint density at radius 1 is 1.27 bits per heavy atom. The normalized spacial score (nSPS) is 15.0. The summed E-state index contributed by atoms with van der Waals surface area (Å²) in [6.45, 7) is 4.23. The van der Waals surface area contributed by atoms with E-state index in [0.29, 0.717) is 29.4 Å². The Hall–Kier alpha value is -2.53. The smallest absolute Gasteiger partial charge is 0.265 e. The highest BCUT2D eigenvalue weighted by Gasteiger charge is 2.25. The summed E-state index contributed by atoms with van der Waals surface area (Å²) in [6, 6.07) is 12.6. The molecule has 3 rings (SSSR count). The van der Waals surface area contributed by atoms with E-state index in [1.165, 1.54) is 0 Å². The third-order valence-corrected chi connectivity index (χ3v) is 4.57. The van der Waals surface area contributed by atoms with Crippen molar-refractivity contribution >= 4 is 34.8 Å². The second kappa shape index (κ2) is 7.79. The van der Waals surface area contributed by atoms with E-state index in [4.69, 9.17) is 16.3 Å². The van der Waals surface area contributed by atoms with E-state index in [0.717, 1.165) is 17.7 Å². The molecular formula is C20H21ClN2O3. The molecule has 2 amide bonds. The zero-order valence-electron chi connectivity index (χ0n) is 14.8. The number of nitrogens with zero attached hydrogens (tertiary/aromatic N) is 1. The lowest BCUT2D eigenvalue weighted by atomic mass is 10.2. The molecule has 1 fully saturated rings. The van der Waals surface area contributed by atoms with E-state index < -0.39 is 6.10 Å². The largest absolute Gasteiger partial charge is 0.481 e. The monoisotopic (exact) mass is 372 g/mol. The zero-order chi connectivity index (χ0) is 18.7. The van der Waals surface area contributed by atoms with Gasteiger partial charge in [0.1, 0.15) is 5.75 Å². The van der Waals surface area contributed by atoms with Crippen LogP contribution in [0.4, 0.5) is 11.4 Å². The van der Waals surface area contributed by atoms with Gasteiger partial charge >= 0.3 is 0 Å². The molecule has 1 N–H and O–H groups in total. The lowest BCUT2D eigenvalue weighted by molar-refractivity contribution is -0.122. The van der Waals surface area contributed by atoms with Crippen LogP contribution in [-0.4, -0.2) is 24.5 Å². The summed E-state index contributed by atoms with van der Waals surface area (Å²) in [7, 11) is 0. The fraction of sp³-hybridized carbons (Fsp3) is 0.300. The number of hydrogen-bond acceptors (Lipinski definition) is 3. The predicted octanol–water partition coefficient (Wildman–Crippen LogP) is 4.18. The number of halogens is 1. The molecule has 136 valence electrons. The van der Waals surface area contributed by atoms with Crippen LogP contribution in [0.1, 0.15) is 25.3 Å². The van der Waals surface area contributed by atoms with Crippen molar-refractivity contribution in [2.45, 2.75) is 32.8 Å². The maximum Gasteiger partial charge on any atom is 0.265 e. The Morgan fingerprint density at radius 3 is 2.73 bits per heavy atom. The molecular weight excluding hydrogens is 352 g/mol. The van der Waals surface area contributed by atoms with Crippen LogP contribution >= 0.6 is 11.6 Å². The van der Waals surface area contributed by atoms with Crippen LogP contribution in [0.2, 0.25) is 5.02 Å².